The number of hydrogen-bond acceptors (Lipinski definition) is 5. The van der Waals surface area contributed by atoms with Gasteiger partial charge in [-0.15, -0.1) is 0 Å². The maximum atomic E-state index is 12.4. The third-order valence-electron chi connectivity index (χ3n) is 12.3. The first-order valence-corrected chi connectivity index (χ1v) is 27.6. The lowest BCUT2D eigenvalue weighted by Crippen LogP contribution is -2.45. The molecule has 0 aromatic carbocycles. The first-order chi connectivity index (χ1) is 31.5. The molecule has 0 aliphatic carbocycles. The zero-order chi connectivity index (χ0) is 46.5. The van der Waals surface area contributed by atoms with Gasteiger partial charge in [-0.2, -0.15) is 0 Å². The predicted molar refractivity (Wildman–Crippen MR) is 278 cm³/mol. The van der Waals surface area contributed by atoms with Gasteiger partial charge in [-0.05, 0) is 83.5 Å². The Labute approximate surface area is 397 Å². The van der Waals surface area contributed by atoms with Gasteiger partial charge in [0.1, 0.15) is 0 Å². The summed E-state index contributed by atoms with van der Waals surface area (Å²) >= 11 is 0. The van der Waals surface area contributed by atoms with E-state index in [0.717, 1.165) is 64.2 Å². The van der Waals surface area contributed by atoms with Crippen LogP contribution in [-0.2, 0) is 14.3 Å². The predicted octanol–water partition coefficient (Wildman–Crippen LogP) is 16.8. The minimum Gasteiger partial charge on any atom is -0.466 e. The van der Waals surface area contributed by atoms with Crippen LogP contribution in [0.4, 0.5) is 0 Å². The van der Waals surface area contributed by atoms with E-state index in [9.17, 15) is 19.8 Å². The van der Waals surface area contributed by atoms with Crippen LogP contribution >= 0.6 is 0 Å². The number of aliphatic hydroxyl groups is 2. The molecule has 0 radical (unpaired) electrons. The van der Waals surface area contributed by atoms with Gasteiger partial charge in [0, 0.05) is 12.8 Å². The van der Waals surface area contributed by atoms with E-state index in [4.69, 9.17) is 4.74 Å². The number of ether oxygens (including phenoxy) is 1. The molecule has 0 bridgehead atoms. The zero-order valence-electron chi connectivity index (χ0n) is 42.2. The maximum absolute atomic E-state index is 12.4. The molecular formula is C58H105NO5. The summed E-state index contributed by atoms with van der Waals surface area (Å²) in [5.74, 6) is -0.183. The Balaban J connectivity index is 3.60. The van der Waals surface area contributed by atoms with Gasteiger partial charge in [-0.1, -0.05) is 235 Å². The van der Waals surface area contributed by atoms with Gasteiger partial charge in [-0.3, -0.25) is 9.59 Å². The quantitative estimate of drug-likeness (QED) is 0.0321. The highest BCUT2D eigenvalue weighted by atomic mass is 16.5. The maximum Gasteiger partial charge on any atom is 0.305 e. The number of aliphatic hydroxyl groups excluding tert-OH is 2. The van der Waals surface area contributed by atoms with Crippen molar-refractivity contribution in [2.24, 2.45) is 0 Å². The summed E-state index contributed by atoms with van der Waals surface area (Å²) in [7, 11) is 0. The van der Waals surface area contributed by atoms with E-state index in [2.05, 4.69) is 61.7 Å². The Morgan fingerprint density at radius 2 is 0.797 bits per heavy atom. The smallest absolute Gasteiger partial charge is 0.305 e. The molecule has 0 heterocycles. The second-order valence-corrected chi connectivity index (χ2v) is 18.5. The summed E-state index contributed by atoms with van der Waals surface area (Å²) in [6.07, 6.45) is 68.1. The monoisotopic (exact) mass is 896 g/mol. The normalized spacial score (nSPS) is 13.1. The third-order valence-corrected chi connectivity index (χ3v) is 12.3. The molecule has 0 aliphatic rings. The zero-order valence-corrected chi connectivity index (χ0v) is 42.2. The lowest BCUT2D eigenvalue weighted by atomic mass is 10.0. The number of carbonyl (C=O) groups is 2. The second-order valence-electron chi connectivity index (χ2n) is 18.5. The van der Waals surface area contributed by atoms with Gasteiger partial charge in [0.2, 0.25) is 5.91 Å². The summed E-state index contributed by atoms with van der Waals surface area (Å²) in [6.45, 7) is 4.80. The molecule has 64 heavy (non-hydrogen) atoms. The van der Waals surface area contributed by atoms with Crippen LogP contribution in [-0.4, -0.2) is 47.4 Å². The van der Waals surface area contributed by atoms with Gasteiger partial charge in [0.05, 0.1) is 25.4 Å². The Kier molecular flexibility index (Phi) is 51.2. The van der Waals surface area contributed by atoms with Gasteiger partial charge in [0.25, 0.3) is 0 Å². The van der Waals surface area contributed by atoms with Gasteiger partial charge in [-0.25, -0.2) is 0 Å². The molecule has 0 saturated heterocycles. The fourth-order valence-electron chi connectivity index (χ4n) is 8.01. The summed E-state index contributed by atoms with van der Waals surface area (Å²) in [4.78, 5) is 24.4. The molecule has 0 aromatic heterocycles. The number of nitrogens with one attached hydrogen (secondary N) is 1. The molecule has 0 rings (SSSR count). The number of rotatable bonds is 50. The van der Waals surface area contributed by atoms with Gasteiger partial charge in [0.15, 0.2) is 0 Å². The van der Waals surface area contributed by atoms with Crippen LogP contribution in [0.2, 0.25) is 0 Å². The molecule has 1 amide bonds. The molecule has 0 fully saturated rings. The third kappa shape index (κ3) is 49.0. The van der Waals surface area contributed by atoms with E-state index in [-0.39, 0.29) is 18.5 Å². The van der Waals surface area contributed by atoms with Crippen LogP contribution in [0, 0.1) is 0 Å². The Morgan fingerprint density at radius 1 is 0.438 bits per heavy atom. The summed E-state index contributed by atoms with van der Waals surface area (Å²) in [5, 5.41) is 23.0. The average molecular weight is 896 g/mol. The highest BCUT2D eigenvalue weighted by molar-refractivity contribution is 5.76. The van der Waals surface area contributed by atoms with Gasteiger partial charge >= 0.3 is 5.97 Å². The van der Waals surface area contributed by atoms with Crippen molar-refractivity contribution < 1.29 is 24.5 Å². The molecule has 6 nitrogen and oxygen atoms in total. The van der Waals surface area contributed by atoms with Crippen LogP contribution in [0.15, 0.2) is 60.8 Å². The van der Waals surface area contributed by atoms with Crippen molar-refractivity contribution >= 4 is 11.9 Å². The SMILES string of the molecule is CCCCC/C=C\C/C=C\CCCCCCCC(=O)OCCCCCCCC/C=C\C/C=C\CCC(=O)NC(CO)C(O)/C=C/CCCCCCCCCCCCCCCCCCC. The number of hydrogen-bond donors (Lipinski definition) is 3. The van der Waals surface area contributed by atoms with Crippen LogP contribution in [0.25, 0.3) is 0 Å². The number of unbranched alkanes of at least 4 members (excludes halogenated alkanes) is 31. The average Bonchev–Trinajstić information content (AvgIpc) is 3.29. The minimum atomic E-state index is -0.882. The summed E-state index contributed by atoms with van der Waals surface area (Å²) < 4.78 is 5.45. The van der Waals surface area contributed by atoms with E-state index in [1.54, 1.807) is 6.08 Å². The fourth-order valence-corrected chi connectivity index (χ4v) is 8.01. The van der Waals surface area contributed by atoms with E-state index in [1.807, 2.05) is 12.2 Å². The molecule has 0 aliphatic heterocycles. The van der Waals surface area contributed by atoms with Crippen LogP contribution in [0.3, 0.4) is 0 Å². The molecule has 6 heteroatoms. The number of amides is 1. The molecule has 3 N–H and O–H groups in total. The Hall–Kier alpha value is -2.44. The Morgan fingerprint density at radius 3 is 1.25 bits per heavy atom. The molecule has 2 atom stereocenters. The molecule has 0 saturated carbocycles. The molecule has 372 valence electrons. The topological polar surface area (TPSA) is 95.9 Å². The summed E-state index contributed by atoms with van der Waals surface area (Å²) in [6, 6.07) is -0.674. The number of allylic oxidation sites excluding steroid dienone is 9. The van der Waals surface area contributed by atoms with Gasteiger partial charge < -0.3 is 20.3 Å². The lowest BCUT2D eigenvalue weighted by molar-refractivity contribution is -0.143. The van der Waals surface area contributed by atoms with Crippen molar-refractivity contribution in [2.45, 2.75) is 283 Å². The molecule has 0 spiro atoms. The van der Waals surface area contributed by atoms with Crippen molar-refractivity contribution in [1.29, 1.82) is 0 Å². The van der Waals surface area contributed by atoms with E-state index in [0.29, 0.717) is 25.9 Å². The van der Waals surface area contributed by atoms with Crippen LogP contribution in [0.5, 0.6) is 0 Å². The van der Waals surface area contributed by atoms with Crippen molar-refractivity contribution in [1.82, 2.24) is 5.32 Å². The van der Waals surface area contributed by atoms with E-state index in [1.165, 1.54) is 173 Å². The van der Waals surface area contributed by atoms with E-state index < -0.39 is 12.1 Å². The number of esters is 1. The van der Waals surface area contributed by atoms with Crippen molar-refractivity contribution in [3.05, 3.63) is 60.8 Å². The molecule has 0 aromatic rings. The standard InChI is InChI=1S/C58H105NO5/c1-3-5-7-9-11-13-15-17-19-20-21-22-24-26-30-34-38-42-46-50-56(61)55(54-60)59-57(62)51-47-43-39-35-31-27-25-29-33-37-41-45-49-53-64-58(63)52-48-44-40-36-32-28-23-18-16-14-12-10-8-6-4-2/h12,14,18,23,27,31,39,43,46,50,55-56,60-61H,3-11,13,15-17,19-22,24-26,28-30,32-38,40-42,44-45,47-49,51-54H2,1-2H3,(H,59,62)/b14-12-,23-18-,31-27-,43-39-,50-46+. The first-order valence-electron chi connectivity index (χ1n) is 27.6. The highest BCUT2D eigenvalue weighted by Crippen LogP contribution is 2.15. The first kappa shape index (κ1) is 61.6. The van der Waals surface area contributed by atoms with Crippen LogP contribution < -0.4 is 5.32 Å². The summed E-state index contributed by atoms with van der Waals surface area (Å²) in [5.41, 5.74) is 0. The van der Waals surface area contributed by atoms with Crippen molar-refractivity contribution in [2.75, 3.05) is 13.2 Å². The van der Waals surface area contributed by atoms with Crippen molar-refractivity contribution in [3.63, 3.8) is 0 Å². The highest BCUT2D eigenvalue weighted by Gasteiger charge is 2.17. The molecular weight excluding hydrogens is 791 g/mol. The Bertz CT molecular complexity index is 1130. The van der Waals surface area contributed by atoms with E-state index >= 15 is 0 Å². The van der Waals surface area contributed by atoms with Crippen LogP contribution in [0.1, 0.15) is 271 Å². The second kappa shape index (κ2) is 53.2. The minimum absolute atomic E-state index is 0.0332. The lowest BCUT2D eigenvalue weighted by Gasteiger charge is -2.19. The fraction of sp³-hybridized carbons (Fsp3) is 0.793. The number of carbonyl (C=O) groups excluding carboxylic acids is 2. The largest absolute Gasteiger partial charge is 0.466 e. The molecule has 2 unspecified atom stereocenters. The van der Waals surface area contributed by atoms with Crippen molar-refractivity contribution in [3.8, 4) is 0 Å².